The molecule has 2 rings (SSSR count). The van der Waals surface area contributed by atoms with E-state index < -0.39 is 27.7 Å². The van der Waals surface area contributed by atoms with Gasteiger partial charge in [0.25, 0.3) is 5.79 Å². The average molecular weight is 410 g/mol. The summed E-state index contributed by atoms with van der Waals surface area (Å²) in [4.78, 5) is 24.0. The Balaban J connectivity index is 2.15. The highest BCUT2D eigenvalue weighted by Crippen LogP contribution is 2.23. The van der Waals surface area contributed by atoms with Crippen molar-refractivity contribution in [3.05, 3.63) is 36.0 Å². The van der Waals surface area contributed by atoms with Crippen LogP contribution in [0.4, 0.5) is 5.69 Å². The SMILES string of the molecule is CCCN(CCC)S(=O)(=O)c1ccc(NC=C2C(=O)OC(C)(C)OC2=O)cc1. The fraction of sp³-hybridized carbons (Fsp3) is 0.474. The van der Waals surface area contributed by atoms with E-state index in [1.54, 1.807) is 12.1 Å². The zero-order valence-corrected chi connectivity index (χ0v) is 17.3. The summed E-state index contributed by atoms with van der Waals surface area (Å²) in [7, 11) is -3.57. The molecule has 8 nitrogen and oxygen atoms in total. The minimum Gasteiger partial charge on any atom is -0.419 e. The molecule has 28 heavy (non-hydrogen) atoms. The summed E-state index contributed by atoms with van der Waals surface area (Å²) in [5.41, 5.74) is 0.238. The molecular weight excluding hydrogens is 384 g/mol. The van der Waals surface area contributed by atoms with Gasteiger partial charge in [-0.3, -0.25) is 0 Å². The smallest absolute Gasteiger partial charge is 0.350 e. The van der Waals surface area contributed by atoms with Gasteiger partial charge in [-0.2, -0.15) is 4.31 Å². The first-order chi connectivity index (χ1) is 13.1. The Bertz CT molecular complexity index is 831. The number of hydrogen-bond donors (Lipinski definition) is 1. The molecule has 0 spiro atoms. The molecule has 1 aliphatic heterocycles. The second-order valence-electron chi connectivity index (χ2n) is 6.81. The van der Waals surface area contributed by atoms with Crippen LogP contribution in [0.25, 0.3) is 0 Å². The number of sulfonamides is 1. The molecular formula is C19H26N2O6S. The third-order valence-electron chi connectivity index (χ3n) is 3.94. The van der Waals surface area contributed by atoms with Crippen LogP contribution in [-0.2, 0) is 29.1 Å². The summed E-state index contributed by atoms with van der Waals surface area (Å²) in [5, 5.41) is 2.79. The number of hydrogen-bond acceptors (Lipinski definition) is 7. The highest BCUT2D eigenvalue weighted by molar-refractivity contribution is 7.89. The van der Waals surface area contributed by atoms with Gasteiger partial charge >= 0.3 is 11.9 Å². The normalized spacial score (nSPS) is 16.5. The second-order valence-corrected chi connectivity index (χ2v) is 8.75. The molecule has 0 atom stereocenters. The lowest BCUT2D eigenvalue weighted by Crippen LogP contribution is -2.42. The zero-order valence-electron chi connectivity index (χ0n) is 16.5. The molecule has 1 aliphatic rings. The molecule has 1 heterocycles. The number of nitrogens with one attached hydrogen (secondary N) is 1. The van der Waals surface area contributed by atoms with Crippen LogP contribution in [0, 0.1) is 0 Å². The lowest BCUT2D eigenvalue weighted by atomic mass is 10.2. The first-order valence-electron chi connectivity index (χ1n) is 9.14. The average Bonchev–Trinajstić information content (AvgIpc) is 2.60. The summed E-state index contributed by atoms with van der Waals surface area (Å²) in [6, 6.07) is 6.08. The largest absolute Gasteiger partial charge is 0.419 e. The van der Waals surface area contributed by atoms with E-state index >= 15 is 0 Å². The summed E-state index contributed by atoms with van der Waals surface area (Å²) < 4.78 is 37.0. The van der Waals surface area contributed by atoms with Crippen molar-refractivity contribution in [2.24, 2.45) is 0 Å². The van der Waals surface area contributed by atoms with Gasteiger partial charge in [-0.15, -0.1) is 0 Å². The van der Waals surface area contributed by atoms with Gasteiger partial charge in [0.2, 0.25) is 10.0 Å². The molecule has 1 fully saturated rings. The first kappa shape index (κ1) is 21.9. The molecule has 1 aromatic rings. The van der Waals surface area contributed by atoms with Crippen LogP contribution in [0.2, 0.25) is 0 Å². The molecule has 0 amide bonds. The Morgan fingerprint density at radius 3 is 1.96 bits per heavy atom. The van der Waals surface area contributed by atoms with Gasteiger partial charge in [0.15, 0.2) is 5.57 Å². The molecule has 0 aromatic heterocycles. The number of nitrogens with zero attached hydrogens (tertiary/aromatic N) is 1. The van der Waals surface area contributed by atoms with Crippen molar-refractivity contribution < 1.29 is 27.5 Å². The van der Waals surface area contributed by atoms with E-state index in [1.807, 2.05) is 13.8 Å². The summed E-state index contributed by atoms with van der Waals surface area (Å²) in [5.74, 6) is -2.88. The third kappa shape index (κ3) is 5.11. The van der Waals surface area contributed by atoms with Crippen molar-refractivity contribution in [3.8, 4) is 0 Å². The number of anilines is 1. The van der Waals surface area contributed by atoms with Crippen molar-refractivity contribution in [3.63, 3.8) is 0 Å². The predicted molar refractivity (Wildman–Crippen MR) is 104 cm³/mol. The molecule has 1 aromatic carbocycles. The topological polar surface area (TPSA) is 102 Å². The maximum Gasteiger partial charge on any atom is 0.350 e. The molecule has 0 aliphatic carbocycles. The second kappa shape index (κ2) is 8.74. The van der Waals surface area contributed by atoms with Gasteiger partial charge in [0, 0.05) is 38.8 Å². The maximum atomic E-state index is 12.7. The Morgan fingerprint density at radius 1 is 1.00 bits per heavy atom. The van der Waals surface area contributed by atoms with E-state index in [0.717, 1.165) is 12.8 Å². The molecule has 154 valence electrons. The molecule has 0 unspecified atom stereocenters. The summed E-state index contributed by atoms with van der Waals surface area (Å²) in [6.45, 7) is 7.72. The van der Waals surface area contributed by atoms with E-state index in [-0.39, 0.29) is 10.5 Å². The Kier molecular flexibility index (Phi) is 6.84. The number of cyclic esters (lactones) is 2. The molecule has 0 saturated carbocycles. The van der Waals surface area contributed by atoms with Crippen molar-refractivity contribution in [2.75, 3.05) is 18.4 Å². The van der Waals surface area contributed by atoms with Gasteiger partial charge in [-0.1, -0.05) is 13.8 Å². The lowest BCUT2D eigenvalue weighted by Gasteiger charge is -2.29. The Hall–Kier alpha value is -2.39. The predicted octanol–water partition coefficient (Wildman–Crippen LogP) is 2.63. The van der Waals surface area contributed by atoms with E-state index in [1.165, 1.54) is 36.5 Å². The van der Waals surface area contributed by atoms with Gasteiger partial charge in [0.05, 0.1) is 4.90 Å². The van der Waals surface area contributed by atoms with Crippen molar-refractivity contribution >= 4 is 27.6 Å². The molecule has 0 bridgehead atoms. The number of ether oxygens (including phenoxy) is 2. The number of carbonyl (C=O) groups is 2. The molecule has 1 saturated heterocycles. The van der Waals surface area contributed by atoms with Crippen LogP contribution in [0.15, 0.2) is 40.9 Å². The highest BCUT2D eigenvalue weighted by Gasteiger charge is 2.38. The van der Waals surface area contributed by atoms with E-state index in [9.17, 15) is 18.0 Å². The van der Waals surface area contributed by atoms with Crippen molar-refractivity contribution in [2.45, 2.75) is 51.2 Å². The van der Waals surface area contributed by atoms with Crippen LogP contribution in [0.5, 0.6) is 0 Å². The summed E-state index contributed by atoms with van der Waals surface area (Å²) in [6.07, 6.45) is 2.65. The Morgan fingerprint density at radius 2 is 1.50 bits per heavy atom. The first-order valence-corrected chi connectivity index (χ1v) is 10.6. The van der Waals surface area contributed by atoms with Crippen molar-refractivity contribution in [1.82, 2.24) is 4.31 Å². The van der Waals surface area contributed by atoms with Gasteiger partial charge in [-0.25, -0.2) is 18.0 Å². The van der Waals surface area contributed by atoms with Crippen LogP contribution < -0.4 is 5.32 Å². The van der Waals surface area contributed by atoms with E-state index in [0.29, 0.717) is 18.8 Å². The van der Waals surface area contributed by atoms with Crippen molar-refractivity contribution in [1.29, 1.82) is 0 Å². The number of rotatable bonds is 8. The third-order valence-corrected chi connectivity index (χ3v) is 5.85. The quantitative estimate of drug-likeness (QED) is 0.399. The van der Waals surface area contributed by atoms with Crippen LogP contribution >= 0.6 is 0 Å². The number of benzene rings is 1. The minimum absolute atomic E-state index is 0.186. The van der Waals surface area contributed by atoms with Gasteiger partial charge in [0.1, 0.15) is 0 Å². The fourth-order valence-electron chi connectivity index (χ4n) is 2.66. The lowest BCUT2D eigenvalue weighted by molar-refractivity contribution is -0.222. The van der Waals surface area contributed by atoms with Gasteiger partial charge < -0.3 is 14.8 Å². The standard InChI is InChI=1S/C19H26N2O6S/c1-5-11-21(12-6-2)28(24,25)15-9-7-14(8-10-15)20-13-16-17(22)26-19(3,4)27-18(16)23/h7-10,13,20H,5-6,11-12H2,1-4H3. The fourth-order valence-corrected chi connectivity index (χ4v) is 4.28. The van der Waals surface area contributed by atoms with Crippen LogP contribution in [0.1, 0.15) is 40.5 Å². The van der Waals surface area contributed by atoms with Crippen LogP contribution in [0.3, 0.4) is 0 Å². The van der Waals surface area contributed by atoms with E-state index in [4.69, 9.17) is 9.47 Å². The maximum absolute atomic E-state index is 12.7. The molecule has 1 N–H and O–H groups in total. The van der Waals surface area contributed by atoms with Gasteiger partial charge in [-0.05, 0) is 37.1 Å². The minimum atomic E-state index is -3.57. The Labute approximate surface area is 165 Å². The zero-order chi connectivity index (χ0) is 20.9. The van der Waals surface area contributed by atoms with Crippen LogP contribution in [-0.4, -0.2) is 43.5 Å². The number of carbonyl (C=O) groups excluding carboxylic acids is 2. The molecule has 0 radical (unpaired) electrons. The molecule has 9 heteroatoms. The monoisotopic (exact) mass is 410 g/mol. The van der Waals surface area contributed by atoms with E-state index in [2.05, 4.69) is 5.32 Å². The number of esters is 2. The summed E-state index contributed by atoms with van der Waals surface area (Å²) >= 11 is 0. The highest BCUT2D eigenvalue weighted by atomic mass is 32.2.